The number of nitrogen functional groups attached to an aromatic ring is 1. The summed E-state index contributed by atoms with van der Waals surface area (Å²) in [4.78, 5) is 24.9. The molecule has 1 aliphatic rings. The Balaban J connectivity index is 2.17. The monoisotopic (exact) mass is 267 g/mol. The number of benzene rings is 1. The molecule has 1 unspecified atom stereocenters. The SMILES string of the molecule is NC(=O)C1CCN(C(=O)c2cc(Cl)ccc2N)C1. The number of amides is 2. The Bertz CT molecular complexity index is 504. The highest BCUT2D eigenvalue weighted by molar-refractivity contribution is 6.31. The van der Waals surface area contributed by atoms with Crippen molar-refractivity contribution < 1.29 is 9.59 Å². The first kappa shape index (κ1) is 12.7. The smallest absolute Gasteiger partial charge is 0.256 e. The molecule has 5 nitrogen and oxygen atoms in total. The highest BCUT2D eigenvalue weighted by Crippen LogP contribution is 2.23. The molecule has 1 aromatic rings. The number of likely N-dealkylation sites (tertiary alicyclic amines) is 1. The van der Waals surface area contributed by atoms with E-state index in [0.717, 1.165) is 0 Å². The van der Waals surface area contributed by atoms with Crippen LogP contribution in [0.5, 0.6) is 0 Å². The molecule has 1 saturated heterocycles. The summed E-state index contributed by atoms with van der Waals surface area (Å²) in [5.74, 6) is -0.850. The number of carbonyl (C=O) groups is 2. The second kappa shape index (κ2) is 4.86. The highest BCUT2D eigenvalue weighted by atomic mass is 35.5. The number of halogens is 1. The number of nitrogens with two attached hydrogens (primary N) is 2. The first-order valence-corrected chi connectivity index (χ1v) is 6.00. The fourth-order valence-corrected chi connectivity index (χ4v) is 2.23. The molecular weight excluding hydrogens is 254 g/mol. The van der Waals surface area contributed by atoms with Gasteiger partial charge in [0.2, 0.25) is 5.91 Å². The number of primary amides is 1. The van der Waals surface area contributed by atoms with Gasteiger partial charge in [-0.25, -0.2) is 0 Å². The normalized spacial score (nSPS) is 18.9. The highest BCUT2D eigenvalue weighted by Gasteiger charge is 2.30. The number of hydrogen-bond donors (Lipinski definition) is 2. The maximum absolute atomic E-state index is 12.2. The van der Waals surface area contributed by atoms with E-state index in [9.17, 15) is 9.59 Å². The molecule has 0 radical (unpaired) electrons. The lowest BCUT2D eigenvalue weighted by molar-refractivity contribution is -0.121. The van der Waals surface area contributed by atoms with Gasteiger partial charge >= 0.3 is 0 Å². The summed E-state index contributed by atoms with van der Waals surface area (Å²) < 4.78 is 0. The van der Waals surface area contributed by atoms with Gasteiger partial charge in [0.1, 0.15) is 0 Å². The van der Waals surface area contributed by atoms with Gasteiger partial charge in [-0.05, 0) is 24.6 Å². The van der Waals surface area contributed by atoms with Crippen LogP contribution in [0.4, 0.5) is 5.69 Å². The van der Waals surface area contributed by atoms with Gasteiger partial charge in [0.15, 0.2) is 0 Å². The Morgan fingerprint density at radius 3 is 2.72 bits per heavy atom. The van der Waals surface area contributed by atoms with Gasteiger partial charge in [-0.15, -0.1) is 0 Å². The number of anilines is 1. The molecule has 6 heteroatoms. The second-order valence-electron chi connectivity index (χ2n) is 4.37. The van der Waals surface area contributed by atoms with Crippen LogP contribution >= 0.6 is 11.6 Å². The Morgan fingerprint density at radius 2 is 2.11 bits per heavy atom. The average molecular weight is 268 g/mol. The lowest BCUT2D eigenvalue weighted by atomic mass is 10.1. The molecule has 1 aromatic carbocycles. The molecule has 0 aromatic heterocycles. The molecule has 1 heterocycles. The van der Waals surface area contributed by atoms with Gasteiger partial charge < -0.3 is 16.4 Å². The number of rotatable bonds is 2. The first-order valence-electron chi connectivity index (χ1n) is 5.62. The molecule has 0 saturated carbocycles. The molecule has 2 amide bonds. The predicted octanol–water partition coefficient (Wildman–Crippen LogP) is 0.870. The van der Waals surface area contributed by atoms with Crippen molar-refractivity contribution in [1.82, 2.24) is 4.90 Å². The van der Waals surface area contributed by atoms with E-state index in [1.54, 1.807) is 17.0 Å². The summed E-state index contributed by atoms with van der Waals surface area (Å²) in [6.07, 6.45) is 0.599. The van der Waals surface area contributed by atoms with Crippen LogP contribution in [0.3, 0.4) is 0 Å². The average Bonchev–Trinajstić information content (AvgIpc) is 2.81. The minimum atomic E-state index is -0.371. The Hall–Kier alpha value is -1.75. The number of carbonyl (C=O) groups excluding carboxylic acids is 2. The first-order chi connectivity index (χ1) is 8.49. The largest absolute Gasteiger partial charge is 0.398 e. The molecule has 0 bridgehead atoms. The Labute approximate surface area is 110 Å². The summed E-state index contributed by atoms with van der Waals surface area (Å²) in [6.45, 7) is 0.860. The van der Waals surface area contributed by atoms with Crippen molar-refractivity contribution in [2.45, 2.75) is 6.42 Å². The third-order valence-corrected chi connectivity index (χ3v) is 3.36. The maximum atomic E-state index is 12.2. The summed E-state index contributed by atoms with van der Waals surface area (Å²) in [7, 11) is 0. The molecule has 1 fully saturated rings. The quantitative estimate of drug-likeness (QED) is 0.779. The van der Waals surface area contributed by atoms with Crippen LogP contribution < -0.4 is 11.5 Å². The second-order valence-corrected chi connectivity index (χ2v) is 4.81. The molecule has 18 heavy (non-hydrogen) atoms. The van der Waals surface area contributed by atoms with Crippen molar-refractivity contribution in [3.8, 4) is 0 Å². The maximum Gasteiger partial charge on any atom is 0.256 e. The van der Waals surface area contributed by atoms with Gasteiger partial charge in [-0.3, -0.25) is 9.59 Å². The van der Waals surface area contributed by atoms with E-state index in [2.05, 4.69) is 0 Å². The molecule has 1 aliphatic heterocycles. The topological polar surface area (TPSA) is 89.4 Å². The Morgan fingerprint density at radius 1 is 1.39 bits per heavy atom. The third kappa shape index (κ3) is 2.41. The van der Waals surface area contributed by atoms with Crippen molar-refractivity contribution in [1.29, 1.82) is 0 Å². The van der Waals surface area contributed by atoms with E-state index < -0.39 is 0 Å². The fraction of sp³-hybridized carbons (Fsp3) is 0.333. The molecule has 96 valence electrons. The van der Waals surface area contributed by atoms with Crippen molar-refractivity contribution in [3.63, 3.8) is 0 Å². The van der Waals surface area contributed by atoms with Crippen LogP contribution in [-0.2, 0) is 4.79 Å². The van der Waals surface area contributed by atoms with Gasteiger partial charge in [0.05, 0.1) is 11.5 Å². The van der Waals surface area contributed by atoms with E-state index in [1.807, 2.05) is 0 Å². The predicted molar refractivity (Wildman–Crippen MR) is 69.1 cm³/mol. The van der Waals surface area contributed by atoms with E-state index in [4.69, 9.17) is 23.1 Å². The lowest BCUT2D eigenvalue weighted by Gasteiger charge is -2.17. The zero-order chi connectivity index (χ0) is 13.3. The van der Waals surface area contributed by atoms with Crippen LogP contribution in [-0.4, -0.2) is 29.8 Å². The van der Waals surface area contributed by atoms with Gasteiger partial charge in [-0.1, -0.05) is 11.6 Å². The Kier molecular flexibility index (Phi) is 3.43. The number of nitrogens with zero attached hydrogens (tertiary/aromatic N) is 1. The molecule has 0 spiro atoms. The van der Waals surface area contributed by atoms with Crippen LogP contribution in [0.25, 0.3) is 0 Å². The van der Waals surface area contributed by atoms with Crippen molar-refractivity contribution in [2.75, 3.05) is 18.8 Å². The van der Waals surface area contributed by atoms with E-state index in [0.29, 0.717) is 35.8 Å². The van der Waals surface area contributed by atoms with Crippen molar-refractivity contribution in [3.05, 3.63) is 28.8 Å². The van der Waals surface area contributed by atoms with Crippen LogP contribution in [0.1, 0.15) is 16.8 Å². The molecule has 1 atom stereocenters. The minimum absolute atomic E-state index is 0.209. The van der Waals surface area contributed by atoms with Crippen LogP contribution in [0.15, 0.2) is 18.2 Å². The van der Waals surface area contributed by atoms with Gasteiger partial charge in [0.25, 0.3) is 5.91 Å². The molecule has 4 N–H and O–H groups in total. The summed E-state index contributed by atoms with van der Waals surface area (Å²) in [5.41, 5.74) is 11.7. The van der Waals surface area contributed by atoms with Crippen LogP contribution in [0.2, 0.25) is 5.02 Å². The third-order valence-electron chi connectivity index (χ3n) is 3.12. The number of hydrogen-bond acceptors (Lipinski definition) is 3. The van der Waals surface area contributed by atoms with Gasteiger partial charge in [-0.2, -0.15) is 0 Å². The van der Waals surface area contributed by atoms with Crippen molar-refractivity contribution in [2.24, 2.45) is 11.7 Å². The summed E-state index contributed by atoms with van der Waals surface area (Å²) in [6, 6.07) is 4.76. The zero-order valence-corrected chi connectivity index (χ0v) is 10.5. The van der Waals surface area contributed by atoms with E-state index in [-0.39, 0.29) is 17.7 Å². The summed E-state index contributed by atoms with van der Waals surface area (Å²) >= 11 is 5.85. The fourth-order valence-electron chi connectivity index (χ4n) is 2.06. The van der Waals surface area contributed by atoms with Gasteiger partial charge in [0, 0.05) is 23.8 Å². The minimum Gasteiger partial charge on any atom is -0.398 e. The standard InChI is InChI=1S/C12H14ClN3O2/c13-8-1-2-10(14)9(5-8)12(18)16-4-3-7(6-16)11(15)17/h1-2,5,7H,3-4,6,14H2,(H2,15,17). The van der Waals surface area contributed by atoms with E-state index in [1.165, 1.54) is 6.07 Å². The molecule has 2 rings (SSSR count). The zero-order valence-electron chi connectivity index (χ0n) is 9.73. The lowest BCUT2D eigenvalue weighted by Crippen LogP contribution is -2.32. The molecular formula is C12H14ClN3O2. The van der Waals surface area contributed by atoms with Crippen molar-refractivity contribution >= 4 is 29.1 Å². The van der Waals surface area contributed by atoms with E-state index >= 15 is 0 Å². The van der Waals surface area contributed by atoms with Crippen LogP contribution in [0, 0.1) is 5.92 Å². The molecule has 0 aliphatic carbocycles. The summed E-state index contributed by atoms with van der Waals surface area (Å²) in [5, 5.41) is 0.457.